The van der Waals surface area contributed by atoms with Crippen LogP contribution in [-0.2, 0) is 30.9 Å². The molecule has 210 valence electrons. The van der Waals surface area contributed by atoms with Crippen molar-refractivity contribution in [2.24, 2.45) is 4.99 Å². The van der Waals surface area contributed by atoms with Crippen LogP contribution < -0.4 is 10.2 Å². The summed E-state index contributed by atoms with van der Waals surface area (Å²) in [5.74, 6) is -1.62. The Bertz CT molecular complexity index is 1560. The van der Waals surface area contributed by atoms with Crippen LogP contribution in [-0.4, -0.2) is 81.1 Å². The smallest absolute Gasteiger partial charge is 0.328 e. The third-order valence-electron chi connectivity index (χ3n) is 6.48. The molecule has 0 amide bonds. The molecule has 0 radical (unpaired) electrons. The van der Waals surface area contributed by atoms with Gasteiger partial charge < -0.3 is 25.2 Å². The van der Waals surface area contributed by atoms with Crippen molar-refractivity contribution in [1.29, 1.82) is 0 Å². The van der Waals surface area contributed by atoms with Gasteiger partial charge in [-0.2, -0.15) is 4.31 Å². The Morgan fingerprint density at radius 2 is 1.68 bits per heavy atom. The van der Waals surface area contributed by atoms with Crippen molar-refractivity contribution >= 4 is 49.9 Å². The number of hydrogen-bond donors (Lipinski definition) is 3. The van der Waals surface area contributed by atoms with Gasteiger partial charge in [0, 0.05) is 73.6 Å². The average molecular weight is 567 g/mol. The van der Waals surface area contributed by atoms with Gasteiger partial charge in [-0.3, -0.25) is 4.99 Å². The first kappa shape index (κ1) is 28.7. The molecule has 0 aromatic heterocycles. The summed E-state index contributed by atoms with van der Waals surface area (Å²) in [6.07, 6.45) is 1.12. The predicted octanol–water partition coefficient (Wildman–Crippen LogP) is 3.01. The van der Waals surface area contributed by atoms with Gasteiger partial charge >= 0.3 is 11.9 Å². The third kappa shape index (κ3) is 6.30. The van der Waals surface area contributed by atoms with Crippen LogP contribution in [0.2, 0.25) is 0 Å². The molecule has 3 aromatic rings. The summed E-state index contributed by atoms with van der Waals surface area (Å²) in [7, 11) is 0.373. The second-order valence-corrected chi connectivity index (χ2v) is 11.0. The number of aliphatic imine (C=N–C) groups is 1. The molecule has 0 unspecified atom stereocenters. The van der Waals surface area contributed by atoms with Crippen molar-refractivity contribution in [2.75, 3.05) is 50.6 Å². The maximum atomic E-state index is 12.9. The second-order valence-electron chi connectivity index (χ2n) is 9.08. The van der Waals surface area contributed by atoms with Crippen LogP contribution in [0, 0.1) is 0 Å². The quantitative estimate of drug-likeness (QED) is 0.367. The summed E-state index contributed by atoms with van der Waals surface area (Å²) >= 11 is 0. The molecule has 2 heterocycles. The number of carbonyl (C=O) groups is 2. The number of carboxylic acid groups (broad SMARTS) is 2. The lowest BCUT2D eigenvalue weighted by Crippen LogP contribution is -2.40. The zero-order valence-corrected chi connectivity index (χ0v) is 22.9. The van der Waals surface area contributed by atoms with E-state index < -0.39 is 22.0 Å². The predicted molar refractivity (Wildman–Crippen MR) is 153 cm³/mol. The van der Waals surface area contributed by atoms with Crippen LogP contribution in [0.1, 0.15) is 11.1 Å². The van der Waals surface area contributed by atoms with E-state index in [9.17, 15) is 18.0 Å². The summed E-state index contributed by atoms with van der Waals surface area (Å²) in [4.78, 5) is 26.0. The van der Waals surface area contributed by atoms with Crippen LogP contribution in [0.5, 0.6) is 0 Å². The van der Waals surface area contributed by atoms with Crippen molar-refractivity contribution in [3.05, 3.63) is 77.9 Å². The van der Waals surface area contributed by atoms with Gasteiger partial charge in [0.15, 0.2) is 0 Å². The highest BCUT2D eigenvalue weighted by Crippen LogP contribution is 2.38. The van der Waals surface area contributed by atoms with Crippen molar-refractivity contribution in [2.45, 2.75) is 11.4 Å². The molecule has 1 fully saturated rings. The van der Waals surface area contributed by atoms with Crippen LogP contribution in [0.25, 0.3) is 10.8 Å². The highest BCUT2D eigenvalue weighted by molar-refractivity contribution is 7.89. The van der Waals surface area contributed by atoms with E-state index in [1.165, 1.54) is 15.1 Å². The van der Waals surface area contributed by atoms with E-state index in [1.807, 2.05) is 12.1 Å². The van der Waals surface area contributed by atoms with E-state index >= 15 is 0 Å². The number of morpholine rings is 1. The fourth-order valence-corrected chi connectivity index (χ4v) is 6.01. The number of ether oxygens (including phenoxy) is 1. The normalized spacial score (nSPS) is 16.0. The molecule has 2 aliphatic heterocycles. The van der Waals surface area contributed by atoms with Gasteiger partial charge in [-0.15, -0.1) is 0 Å². The SMILES string of the molecule is CN=C1Nc2ccc(N(C)Cc3ccc(S(=O)(=O)N4CCOCC4)cc3)c3cccc1c23.O=C(O)/C=C\C(=O)O. The molecular formula is C28H30N4O7S. The molecule has 3 aromatic carbocycles. The largest absolute Gasteiger partial charge is 0.478 e. The Morgan fingerprint density at radius 1 is 1.02 bits per heavy atom. The van der Waals surface area contributed by atoms with E-state index in [2.05, 4.69) is 52.6 Å². The minimum atomic E-state index is -3.48. The number of amidine groups is 1. The van der Waals surface area contributed by atoms with Gasteiger partial charge in [0.2, 0.25) is 10.0 Å². The van der Waals surface area contributed by atoms with E-state index in [-0.39, 0.29) is 0 Å². The maximum absolute atomic E-state index is 12.9. The Morgan fingerprint density at radius 3 is 2.27 bits per heavy atom. The highest BCUT2D eigenvalue weighted by atomic mass is 32.2. The number of nitrogens with zero attached hydrogens (tertiary/aromatic N) is 3. The standard InChI is InChI=1S/C24H26N4O3S.C4H4O4/c1-25-24-20-5-3-4-19-22(11-10-21(26-24)23(19)20)27(2)16-17-6-8-18(9-7-17)32(29,30)28-12-14-31-15-13-28;5-3(6)1-2-4(7)8/h3-11H,12-16H2,1-2H3,(H,25,26);1-2H,(H,5,6)(H,7,8)/b;2-1-. The molecular weight excluding hydrogens is 536 g/mol. The van der Waals surface area contributed by atoms with Gasteiger partial charge in [-0.05, 0) is 29.8 Å². The van der Waals surface area contributed by atoms with Crippen LogP contribution in [0.3, 0.4) is 0 Å². The summed E-state index contributed by atoms with van der Waals surface area (Å²) in [6.45, 7) is 2.35. The lowest BCUT2D eigenvalue weighted by molar-refractivity contribution is -0.134. The number of nitrogens with one attached hydrogen (secondary N) is 1. The minimum absolute atomic E-state index is 0.327. The average Bonchev–Trinajstić information content (AvgIpc) is 3.32. The van der Waals surface area contributed by atoms with Gasteiger partial charge in [0.25, 0.3) is 0 Å². The molecule has 2 aliphatic rings. The summed E-state index contributed by atoms with van der Waals surface area (Å²) in [6, 6.07) is 17.7. The molecule has 11 nitrogen and oxygen atoms in total. The molecule has 40 heavy (non-hydrogen) atoms. The first-order valence-corrected chi connectivity index (χ1v) is 13.9. The number of aliphatic carboxylic acids is 2. The second kappa shape index (κ2) is 12.3. The van der Waals surface area contributed by atoms with Gasteiger partial charge in [-0.25, -0.2) is 18.0 Å². The van der Waals surface area contributed by atoms with Gasteiger partial charge in [0.1, 0.15) is 5.84 Å². The number of rotatable bonds is 7. The maximum Gasteiger partial charge on any atom is 0.328 e. The van der Waals surface area contributed by atoms with Gasteiger partial charge in [0.05, 0.1) is 18.1 Å². The zero-order chi connectivity index (χ0) is 28.9. The Kier molecular flexibility index (Phi) is 8.83. The first-order valence-electron chi connectivity index (χ1n) is 12.4. The molecule has 0 saturated carbocycles. The summed E-state index contributed by atoms with van der Waals surface area (Å²) < 4.78 is 32.5. The molecule has 3 N–H and O–H groups in total. The molecule has 0 atom stereocenters. The van der Waals surface area contributed by atoms with Crippen molar-refractivity contribution < 1.29 is 33.0 Å². The summed E-state index contributed by atoms with van der Waals surface area (Å²) in [5, 5.41) is 21.4. The number of carboxylic acids is 2. The van der Waals surface area contributed by atoms with Crippen molar-refractivity contribution in [3.63, 3.8) is 0 Å². The van der Waals surface area contributed by atoms with Crippen LogP contribution in [0.15, 0.2) is 76.6 Å². The Labute approximate surface area is 232 Å². The van der Waals surface area contributed by atoms with E-state index in [4.69, 9.17) is 14.9 Å². The summed E-state index contributed by atoms with van der Waals surface area (Å²) in [5.41, 5.74) is 4.36. The number of benzene rings is 3. The Balaban J connectivity index is 0.000000406. The monoisotopic (exact) mass is 566 g/mol. The lowest BCUT2D eigenvalue weighted by atomic mass is 10.0. The molecule has 12 heteroatoms. The number of anilines is 2. The number of hydrogen-bond acceptors (Lipinski definition) is 7. The first-order chi connectivity index (χ1) is 19.1. The van der Waals surface area contributed by atoms with Crippen molar-refractivity contribution in [3.8, 4) is 0 Å². The molecule has 5 rings (SSSR count). The van der Waals surface area contributed by atoms with Crippen molar-refractivity contribution in [1.82, 2.24) is 4.31 Å². The van der Waals surface area contributed by atoms with E-state index in [0.29, 0.717) is 49.9 Å². The Hall–Kier alpha value is -4.26. The molecule has 1 saturated heterocycles. The molecule has 0 spiro atoms. The number of sulfonamides is 1. The fourth-order valence-electron chi connectivity index (χ4n) is 4.60. The minimum Gasteiger partial charge on any atom is -0.478 e. The van der Waals surface area contributed by atoms with E-state index in [0.717, 1.165) is 28.3 Å². The van der Waals surface area contributed by atoms with E-state index in [1.54, 1.807) is 19.2 Å². The lowest BCUT2D eigenvalue weighted by Gasteiger charge is -2.26. The third-order valence-corrected chi connectivity index (χ3v) is 8.39. The van der Waals surface area contributed by atoms with Gasteiger partial charge in [-0.1, -0.05) is 30.3 Å². The van der Waals surface area contributed by atoms with Crippen LogP contribution in [0.4, 0.5) is 11.4 Å². The fraction of sp³-hybridized carbons (Fsp3) is 0.250. The molecule has 0 aliphatic carbocycles. The molecule has 0 bridgehead atoms. The zero-order valence-electron chi connectivity index (χ0n) is 22.1. The topological polar surface area (TPSA) is 149 Å². The van der Waals surface area contributed by atoms with Crippen LogP contribution >= 0.6 is 0 Å². The highest BCUT2D eigenvalue weighted by Gasteiger charge is 2.26.